The number of hydrogen-bond donors (Lipinski definition) is 1. The van der Waals surface area contributed by atoms with Crippen molar-refractivity contribution in [3.8, 4) is 11.5 Å². The van der Waals surface area contributed by atoms with Crippen LogP contribution in [-0.2, 0) is 16.0 Å². The van der Waals surface area contributed by atoms with E-state index in [4.69, 9.17) is 9.47 Å². The minimum absolute atomic E-state index is 0.0326. The third-order valence-corrected chi connectivity index (χ3v) is 5.14. The van der Waals surface area contributed by atoms with Crippen LogP contribution >= 0.6 is 0 Å². The molecule has 1 aromatic rings. The third kappa shape index (κ3) is 3.89. The summed E-state index contributed by atoms with van der Waals surface area (Å²) in [5.41, 5.74) is 1.02. The van der Waals surface area contributed by atoms with Gasteiger partial charge in [0.1, 0.15) is 0 Å². The Morgan fingerprint density at radius 2 is 2.20 bits per heavy atom. The molecule has 3 rings (SSSR count). The van der Waals surface area contributed by atoms with Gasteiger partial charge in [-0.15, -0.1) is 0 Å². The van der Waals surface area contributed by atoms with Crippen LogP contribution in [0.4, 0.5) is 0 Å². The molecule has 2 amide bonds. The molecule has 1 atom stereocenters. The second kappa shape index (κ2) is 7.33. The van der Waals surface area contributed by atoms with Crippen LogP contribution < -0.4 is 14.8 Å². The first-order valence-corrected chi connectivity index (χ1v) is 8.89. The molecule has 2 aliphatic rings. The van der Waals surface area contributed by atoms with E-state index >= 15 is 0 Å². The van der Waals surface area contributed by atoms with Crippen LogP contribution in [0.2, 0.25) is 0 Å². The molecule has 0 bridgehead atoms. The van der Waals surface area contributed by atoms with Crippen LogP contribution in [0.25, 0.3) is 0 Å². The summed E-state index contributed by atoms with van der Waals surface area (Å²) in [6, 6.07) is 5.80. The number of nitrogens with zero attached hydrogens (tertiary/aromatic N) is 1. The van der Waals surface area contributed by atoms with Crippen molar-refractivity contribution in [2.24, 2.45) is 5.41 Å². The van der Waals surface area contributed by atoms with E-state index < -0.39 is 0 Å². The second-order valence-corrected chi connectivity index (χ2v) is 6.94. The number of likely N-dealkylation sites (tertiary alicyclic amines) is 1. The van der Waals surface area contributed by atoms with Gasteiger partial charge in [0.05, 0.1) is 13.7 Å². The lowest BCUT2D eigenvalue weighted by molar-refractivity contribution is -0.130. The molecule has 0 radical (unpaired) electrons. The fourth-order valence-electron chi connectivity index (χ4n) is 3.74. The highest BCUT2D eigenvalue weighted by Gasteiger charge is 2.44. The Bertz CT molecular complexity index is 661. The van der Waals surface area contributed by atoms with Gasteiger partial charge in [0, 0.05) is 37.9 Å². The topological polar surface area (TPSA) is 67.9 Å². The van der Waals surface area contributed by atoms with E-state index in [1.807, 2.05) is 30.0 Å². The Balaban J connectivity index is 1.55. The second-order valence-electron chi connectivity index (χ2n) is 6.94. The predicted octanol–water partition coefficient (Wildman–Crippen LogP) is 1.77. The number of aryl methyl sites for hydroxylation is 1. The van der Waals surface area contributed by atoms with Crippen molar-refractivity contribution >= 4 is 11.8 Å². The first-order chi connectivity index (χ1) is 12.0. The summed E-state index contributed by atoms with van der Waals surface area (Å²) in [4.78, 5) is 25.9. The first-order valence-electron chi connectivity index (χ1n) is 8.89. The zero-order chi connectivity index (χ0) is 17.9. The molecule has 2 aliphatic heterocycles. The van der Waals surface area contributed by atoms with Gasteiger partial charge in [-0.25, -0.2) is 0 Å². The smallest absolute Gasteiger partial charge is 0.222 e. The Morgan fingerprint density at radius 1 is 1.36 bits per heavy atom. The number of amides is 2. The van der Waals surface area contributed by atoms with E-state index in [9.17, 15) is 9.59 Å². The molecule has 0 aromatic heterocycles. The number of benzene rings is 1. The highest BCUT2D eigenvalue weighted by molar-refractivity contribution is 5.80. The zero-order valence-corrected chi connectivity index (χ0v) is 15.0. The normalized spacial score (nSPS) is 22.3. The molecule has 0 aliphatic carbocycles. The molecule has 1 unspecified atom stereocenters. The molecule has 0 saturated carbocycles. The Hall–Kier alpha value is -2.24. The lowest BCUT2D eigenvalue weighted by Gasteiger charge is -2.22. The molecule has 2 fully saturated rings. The van der Waals surface area contributed by atoms with Crippen molar-refractivity contribution in [3.63, 3.8) is 0 Å². The monoisotopic (exact) mass is 346 g/mol. The fraction of sp³-hybridized carbons (Fsp3) is 0.579. The molecular weight excluding hydrogens is 320 g/mol. The summed E-state index contributed by atoms with van der Waals surface area (Å²) in [7, 11) is 1.62. The van der Waals surface area contributed by atoms with Gasteiger partial charge in [-0.1, -0.05) is 6.07 Å². The van der Waals surface area contributed by atoms with Gasteiger partial charge in [-0.2, -0.15) is 0 Å². The molecule has 136 valence electrons. The van der Waals surface area contributed by atoms with Crippen molar-refractivity contribution in [1.29, 1.82) is 0 Å². The number of nitrogens with one attached hydrogen (secondary N) is 1. The largest absolute Gasteiger partial charge is 0.493 e. The summed E-state index contributed by atoms with van der Waals surface area (Å²) in [6.07, 6.45) is 2.60. The lowest BCUT2D eigenvalue weighted by atomic mass is 9.86. The molecule has 2 saturated heterocycles. The van der Waals surface area contributed by atoms with Gasteiger partial charge in [0.2, 0.25) is 11.8 Å². The minimum Gasteiger partial charge on any atom is -0.493 e. The molecule has 25 heavy (non-hydrogen) atoms. The van der Waals surface area contributed by atoms with Gasteiger partial charge >= 0.3 is 0 Å². The third-order valence-electron chi connectivity index (χ3n) is 5.14. The lowest BCUT2D eigenvalue weighted by Crippen LogP contribution is -2.33. The van der Waals surface area contributed by atoms with Crippen LogP contribution in [-0.4, -0.2) is 50.1 Å². The Morgan fingerprint density at radius 3 is 2.88 bits per heavy atom. The van der Waals surface area contributed by atoms with Gasteiger partial charge in [-0.3, -0.25) is 9.59 Å². The molecule has 2 heterocycles. The highest BCUT2D eigenvalue weighted by Crippen LogP contribution is 2.37. The average Bonchev–Trinajstić information content (AvgIpc) is 3.20. The van der Waals surface area contributed by atoms with Crippen LogP contribution in [0.15, 0.2) is 18.2 Å². The van der Waals surface area contributed by atoms with Crippen LogP contribution in [0.3, 0.4) is 0 Å². The maximum absolute atomic E-state index is 12.5. The SMILES string of the molecule is CCOc1ccc(CCC(=O)N2CCC3(CNC(=O)C3)C2)cc1OC. The number of ether oxygens (including phenoxy) is 2. The Kier molecular flexibility index (Phi) is 5.16. The van der Waals surface area contributed by atoms with Gasteiger partial charge in [-0.05, 0) is 37.5 Å². The van der Waals surface area contributed by atoms with Crippen molar-refractivity contribution in [2.45, 2.75) is 32.6 Å². The van der Waals surface area contributed by atoms with Gasteiger partial charge in [0.15, 0.2) is 11.5 Å². The predicted molar refractivity (Wildman–Crippen MR) is 93.7 cm³/mol. The fourth-order valence-corrected chi connectivity index (χ4v) is 3.74. The number of hydrogen-bond acceptors (Lipinski definition) is 4. The molecule has 6 nitrogen and oxygen atoms in total. The molecule has 1 aromatic carbocycles. The first kappa shape index (κ1) is 17.6. The maximum atomic E-state index is 12.5. The van der Waals surface area contributed by atoms with E-state index in [1.165, 1.54) is 0 Å². The van der Waals surface area contributed by atoms with Crippen LogP contribution in [0.1, 0.15) is 31.7 Å². The summed E-state index contributed by atoms with van der Waals surface area (Å²) in [6.45, 7) is 4.66. The number of carbonyl (C=O) groups excluding carboxylic acids is 2. The standard InChI is InChI=1S/C19H26N2O4/c1-3-25-15-6-4-14(10-16(15)24-2)5-7-18(23)21-9-8-19(13-21)11-17(22)20-12-19/h4,6,10H,3,5,7-9,11-13H2,1-2H3,(H,20,22). The summed E-state index contributed by atoms with van der Waals surface area (Å²) < 4.78 is 10.9. The van der Waals surface area contributed by atoms with E-state index in [1.54, 1.807) is 7.11 Å². The highest BCUT2D eigenvalue weighted by atomic mass is 16.5. The van der Waals surface area contributed by atoms with Gasteiger partial charge < -0.3 is 19.7 Å². The van der Waals surface area contributed by atoms with Crippen LogP contribution in [0.5, 0.6) is 11.5 Å². The maximum Gasteiger partial charge on any atom is 0.222 e. The number of carbonyl (C=O) groups is 2. The van der Waals surface area contributed by atoms with Gasteiger partial charge in [0.25, 0.3) is 0 Å². The summed E-state index contributed by atoms with van der Waals surface area (Å²) in [5, 5.41) is 2.90. The average molecular weight is 346 g/mol. The minimum atomic E-state index is -0.0326. The van der Waals surface area contributed by atoms with E-state index in [0.29, 0.717) is 44.7 Å². The van der Waals surface area contributed by atoms with E-state index in [-0.39, 0.29) is 17.2 Å². The van der Waals surface area contributed by atoms with Crippen molar-refractivity contribution in [2.75, 3.05) is 33.4 Å². The van der Waals surface area contributed by atoms with E-state index in [0.717, 1.165) is 24.3 Å². The molecule has 6 heteroatoms. The van der Waals surface area contributed by atoms with Crippen molar-refractivity contribution < 1.29 is 19.1 Å². The summed E-state index contributed by atoms with van der Waals surface area (Å²) >= 11 is 0. The van der Waals surface area contributed by atoms with Crippen LogP contribution in [0, 0.1) is 5.41 Å². The molecular formula is C19H26N2O4. The molecule has 1 spiro atoms. The quantitative estimate of drug-likeness (QED) is 0.852. The number of rotatable bonds is 6. The molecule has 1 N–H and O–H groups in total. The summed E-state index contributed by atoms with van der Waals surface area (Å²) in [5.74, 6) is 1.68. The Labute approximate surface area is 148 Å². The van der Waals surface area contributed by atoms with Crippen molar-refractivity contribution in [1.82, 2.24) is 10.2 Å². The van der Waals surface area contributed by atoms with E-state index in [2.05, 4.69) is 5.32 Å². The zero-order valence-electron chi connectivity index (χ0n) is 15.0. The number of methoxy groups -OCH3 is 1. The van der Waals surface area contributed by atoms with Crippen molar-refractivity contribution in [3.05, 3.63) is 23.8 Å².